The van der Waals surface area contributed by atoms with Gasteiger partial charge < -0.3 is 31.9 Å². The summed E-state index contributed by atoms with van der Waals surface area (Å²) in [5, 5.41) is 35.1. The maximum atomic E-state index is 10.8. The summed E-state index contributed by atoms with van der Waals surface area (Å²) >= 11 is 0. The number of carbonyl (C=O) groups is 4. The zero-order valence-electron chi connectivity index (χ0n) is 10.4. The van der Waals surface area contributed by atoms with Gasteiger partial charge in [0, 0.05) is 0 Å². The normalized spacial score (nSPS) is 11.3. The van der Waals surface area contributed by atoms with E-state index in [-0.39, 0.29) is 25.8 Å². The minimum absolute atomic E-state index is 0. The fourth-order valence-corrected chi connectivity index (χ4v) is 1.91. The summed E-state index contributed by atoms with van der Waals surface area (Å²) in [6, 6.07) is 0. The summed E-state index contributed by atoms with van der Waals surface area (Å²) in [7, 11) is 0. The molecule has 0 saturated carbocycles. The fraction of sp³-hybridized carbons (Fsp3) is 0.600. The van der Waals surface area contributed by atoms with Gasteiger partial charge in [0.15, 0.2) is 0 Å². The van der Waals surface area contributed by atoms with Crippen molar-refractivity contribution < 1.29 is 39.6 Å². The van der Waals surface area contributed by atoms with Crippen LogP contribution in [0.1, 0.15) is 25.7 Å². The van der Waals surface area contributed by atoms with Crippen LogP contribution in [0.2, 0.25) is 0 Å². The van der Waals surface area contributed by atoms with Crippen molar-refractivity contribution in [2.75, 3.05) is 0 Å². The Morgan fingerprint density at radius 3 is 0.857 bits per heavy atom. The van der Waals surface area contributed by atoms with Crippen molar-refractivity contribution in [3.8, 4) is 0 Å². The predicted molar refractivity (Wildman–Crippen MR) is 72.8 cm³/mol. The third-order valence-electron chi connectivity index (χ3n) is 2.86. The second-order valence-electron chi connectivity index (χ2n) is 4.59. The van der Waals surface area contributed by atoms with E-state index < -0.39 is 60.6 Å². The zero-order chi connectivity index (χ0) is 16.1. The van der Waals surface area contributed by atoms with E-state index in [2.05, 4.69) is 0 Å². The second kappa shape index (κ2) is 8.20. The van der Waals surface area contributed by atoms with Crippen molar-refractivity contribution in [1.82, 2.24) is 0 Å². The van der Waals surface area contributed by atoms with Crippen molar-refractivity contribution in [3.05, 3.63) is 0 Å². The molecule has 0 heterocycles. The van der Waals surface area contributed by atoms with Gasteiger partial charge in [0.2, 0.25) is 0 Å². The molecule has 10 nitrogen and oxygen atoms in total. The third kappa shape index (κ3) is 6.78. The Morgan fingerprint density at radius 1 is 0.619 bits per heavy atom. The molecule has 120 valence electrons. The Morgan fingerprint density at radius 2 is 0.762 bits per heavy atom. The van der Waals surface area contributed by atoms with E-state index in [4.69, 9.17) is 31.9 Å². The third-order valence-corrected chi connectivity index (χ3v) is 2.86. The number of hydrogen-bond donors (Lipinski definition) is 6. The average Bonchev–Trinajstić information content (AvgIpc) is 2.10. The van der Waals surface area contributed by atoms with Gasteiger partial charge in [-0.2, -0.15) is 0 Å². The predicted octanol–water partition coefficient (Wildman–Crippen LogP) is -2.90. The van der Waals surface area contributed by atoms with Gasteiger partial charge in [-0.3, -0.25) is 19.2 Å². The van der Waals surface area contributed by atoms with E-state index in [9.17, 15) is 19.2 Å². The molecule has 0 spiro atoms. The number of aliphatic carboxylic acids is 4. The zero-order valence-corrected chi connectivity index (χ0v) is 10.4. The first kappa shape index (κ1) is 22.0. The van der Waals surface area contributed by atoms with Crippen LogP contribution in [-0.4, -0.2) is 81.2 Å². The number of rotatable bonds is 9. The van der Waals surface area contributed by atoms with Crippen LogP contribution >= 0.6 is 0 Å². The van der Waals surface area contributed by atoms with Crippen LogP contribution in [0.3, 0.4) is 0 Å². The van der Waals surface area contributed by atoms with E-state index in [1.54, 1.807) is 0 Å². The Kier molecular flexibility index (Phi) is 8.57. The van der Waals surface area contributed by atoms with Crippen molar-refractivity contribution in [2.45, 2.75) is 36.8 Å². The van der Waals surface area contributed by atoms with Crippen LogP contribution in [0, 0.1) is 0 Å². The standard InChI is InChI=1S/C10H16N2O8.In.3H/c11-9(1-5(13)14,2-6(15)16)10(12,3-7(17)18)4-8(19)20;;;;/h1-4,11-12H2,(H,13,14)(H,15,16)(H,17,18)(H,19,20);;;;. The van der Waals surface area contributed by atoms with Crippen molar-refractivity contribution in [2.24, 2.45) is 11.5 Å². The molecule has 0 aliphatic heterocycles. The van der Waals surface area contributed by atoms with Crippen LogP contribution in [0.4, 0.5) is 0 Å². The summed E-state index contributed by atoms with van der Waals surface area (Å²) < 4.78 is 0. The van der Waals surface area contributed by atoms with E-state index in [0.29, 0.717) is 0 Å². The van der Waals surface area contributed by atoms with Crippen LogP contribution in [-0.2, 0) is 19.2 Å². The van der Waals surface area contributed by atoms with Gasteiger partial charge >= 0.3 is 49.7 Å². The molecule has 0 fully saturated rings. The summed E-state index contributed by atoms with van der Waals surface area (Å²) in [5.41, 5.74) is 6.88. The van der Waals surface area contributed by atoms with Crippen molar-refractivity contribution in [1.29, 1.82) is 0 Å². The van der Waals surface area contributed by atoms with Gasteiger partial charge in [0.25, 0.3) is 0 Å². The first-order valence-electron chi connectivity index (χ1n) is 5.37. The van der Waals surface area contributed by atoms with E-state index >= 15 is 0 Å². The van der Waals surface area contributed by atoms with Gasteiger partial charge in [-0.1, -0.05) is 0 Å². The summed E-state index contributed by atoms with van der Waals surface area (Å²) in [4.78, 5) is 43.2. The fourth-order valence-electron chi connectivity index (χ4n) is 1.91. The van der Waals surface area contributed by atoms with Gasteiger partial charge in [-0.05, 0) is 0 Å². The molecule has 0 unspecified atom stereocenters. The SMILES string of the molecule is NC(CC(=O)O)(CC(=O)O)C(N)(CC(=O)O)CC(=O)O.[InH3]. The van der Waals surface area contributed by atoms with Gasteiger partial charge in [-0.25, -0.2) is 0 Å². The number of hydrogen-bond acceptors (Lipinski definition) is 6. The summed E-state index contributed by atoms with van der Waals surface area (Å²) in [6.07, 6.45) is -3.90. The topological polar surface area (TPSA) is 201 Å². The van der Waals surface area contributed by atoms with Gasteiger partial charge in [0.05, 0.1) is 36.8 Å². The van der Waals surface area contributed by atoms with Gasteiger partial charge in [0.1, 0.15) is 0 Å². The molecular formula is C10H19InN2O8. The molecule has 0 saturated heterocycles. The molecule has 21 heavy (non-hydrogen) atoms. The Hall–Kier alpha value is -1.33. The number of carboxylic acids is 4. The van der Waals surface area contributed by atoms with Crippen LogP contribution in [0.15, 0.2) is 0 Å². The van der Waals surface area contributed by atoms with Crippen LogP contribution < -0.4 is 11.5 Å². The Balaban J connectivity index is 0. The minimum atomic E-state index is -2.22. The van der Waals surface area contributed by atoms with E-state index in [1.807, 2.05) is 0 Å². The quantitative estimate of drug-likeness (QED) is 0.229. The molecule has 0 amide bonds. The number of carboxylic acid groups (broad SMARTS) is 4. The van der Waals surface area contributed by atoms with Crippen molar-refractivity contribution in [3.63, 3.8) is 0 Å². The van der Waals surface area contributed by atoms with E-state index in [0.717, 1.165) is 0 Å². The Labute approximate surface area is 137 Å². The summed E-state index contributed by atoms with van der Waals surface area (Å²) in [5.74, 6) is -6.06. The molecule has 0 aromatic heterocycles. The second-order valence-corrected chi connectivity index (χ2v) is 4.59. The monoisotopic (exact) mass is 410 g/mol. The first-order valence-corrected chi connectivity index (χ1v) is 5.37. The molecule has 0 radical (unpaired) electrons. The number of nitrogens with two attached hydrogens (primary N) is 2. The summed E-state index contributed by atoms with van der Waals surface area (Å²) in [6.45, 7) is 0. The molecule has 0 atom stereocenters. The molecule has 0 aliphatic rings. The van der Waals surface area contributed by atoms with Gasteiger partial charge in [-0.15, -0.1) is 0 Å². The average molecular weight is 410 g/mol. The van der Waals surface area contributed by atoms with E-state index in [1.165, 1.54) is 0 Å². The van der Waals surface area contributed by atoms with Crippen LogP contribution in [0.5, 0.6) is 0 Å². The van der Waals surface area contributed by atoms with Crippen molar-refractivity contribution >= 4 is 49.7 Å². The molecule has 0 rings (SSSR count). The molecule has 0 bridgehead atoms. The molecule has 0 aliphatic carbocycles. The molecule has 11 heteroatoms. The maximum absolute atomic E-state index is 10.8. The first-order chi connectivity index (χ1) is 8.92. The van der Waals surface area contributed by atoms with Crippen LogP contribution in [0.25, 0.3) is 0 Å². The molecular weight excluding hydrogens is 391 g/mol. The molecule has 8 N–H and O–H groups in total. The molecule has 0 aromatic rings. The molecule has 0 aromatic carbocycles. The Bertz CT molecular complexity index is 367.